The standard InChI is InChI=1S/C20H26N4O3.HI/c1-14(2)27-19-10-15(3)8-9-17(19)13-23-20(21-4)22-12-16-6-5-7-18(11-16)24(25)26;/h5-11,14H,12-13H2,1-4H3,(H2,21,22,23);1H. The van der Waals surface area contributed by atoms with Gasteiger partial charge in [-0.2, -0.15) is 0 Å². The van der Waals surface area contributed by atoms with Crippen LogP contribution in [0.3, 0.4) is 0 Å². The highest BCUT2D eigenvalue weighted by atomic mass is 127. The summed E-state index contributed by atoms with van der Waals surface area (Å²) in [5, 5.41) is 17.3. The molecule has 0 aromatic heterocycles. The van der Waals surface area contributed by atoms with E-state index in [-0.39, 0.29) is 35.8 Å². The number of guanidine groups is 1. The van der Waals surface area contributed by atoms with Crippen LogP contribution in [0.2, 0.25) is 0 Å². The fraction of sp³-hybridized carbons (Fsp3) is 0.350. The number of hydrogen-bond acceptors (Lipinski definition) is 4. The molecule has 2 rings (SSSR count). The first kappa shape index (κ1) is 23.7. The summed E-state index contributed by atoms with van der Waals surface area (Å²) in [6, 6.07) is 12.6. The molecule has 7 nitrogen and oxygen atoms in total. The maximum absolute atomic E-state index is 10.9. The third-order valence-corrected chi connectivity index (χ3v) is 3.84. The van der Waals surface area contributed by atoms with Crippen LogP contribution in [-0.4, -0.2) is 24.0 Å². The molecule has 2 aromatic carbocycles. The van der Waals surface area contributed by atoms with Crippen LogP contribution in [-0.2, 0) is 13.1 Å². The average Bonchev–Trinajstić information content (AvgIpc) is 2.63. The number of nitro benzene ring substituents is 1. The number of hydrogen-bond donors (Lipinski definition) is 2. The molecule has 0 atom stereocenters. The zero-order valence-electron chi connectivity index (χ0n) is 16.6. The van der Waals surface area contributed by atoms with Crippen molar-refractivity contribution in [1.82, 2.24) is 10.6 Å². The minimum absolute atomic E-state index is 0. The number of ether oxygens (including phenoxy) is 1. The molecule has 0 aliphatic rings. The summed E-state index contributed by atoms with van der Waals surface area (Å²) in [6.45, 7) is 7.02. The van der Waals surface area contributed by atoms with Gasteiger partial charge in [0.15, 0.2) is 5.96 Å². The SMILES string of the molecule is CN=C(NCc1cccc([N+](=O)[O-])c1)NCc1ccc(C)cc1OC(C)C.I. The average molecular weight is 498 g/mol. The first-order valence-electron chi connectivity index (χ1n) is 8.83. The van der Waals surface area contributed by atoms with E-state index in [1.54, 1.807) is 19.2 Å². The normalized spacial score (nSPS) is 11.0. The van der Waals surface area contributed by atoms with Gasteiger partial charge >= 0.3 is 0 Å². The van der Waals surface area contributed by atoms with Crippen molar-refractivity contribution in [3.8, 4) is 5.75 Å². The molecular weight excluding hydrogens is 471 g/mol. The number of halogens is 1. The second-order valence-electron chi connectivity index (χ2n) is 6.48. The Labute approximate surface area is 182 Å². The van der Waals surface area contributed by atoms with Crippen molar-refractivity contribution in [2.24, 2.45) is 4.99 Å². The summed E-state index contributed by atoms with van der Waals surface area (Å²) < 4.78 is 5.89. The van der Waals surface area contributed by atoms with Gasteiger partial charge < -0.3 is 15.4 Å². The molecule has 28 heavy (non-hydrogen) atoms. The van der Waals surface area contributed by atoms with E-state index < -0.39 is 4.92 Å². The van der Waals surface area contributed by atoms with Crippen LogP contribution in [0.25, 0.3) is 0 Å². The van der Waals surface area contributed by atoms with E-state index in [0.717, 1.165) is 22.4 Å². The van der Waals surface area contributed by atoms with Crippen LogP contribution in [0, 0.1) is 17.0 Å². The highest BCUT2D eigenvalue weighted by Crippen LogP contribution is 2.21. The lowest BCUT2D eigenvalue weighted by Gasteiger charge is -2.17. The van der Waals surface area contributed by atoms with E-state index in [0.29, 0.717) is 19.0 Å². The fourth-order valence-electron chi connectivity index (χ4n) is 2.54. The van der Waals surface area contributed by atoms with Crippen LogP contribution in [0.15, 0.2) is 47.5 Å². The molecule has 2 N–H and O–H groups in total. The molecule has 0 radical (unpaired) electrons. The second-order valence-corrected chi connectivity index (χ2v) is 6.48. The summed E-state index contributed by atoms with van der Waals surface area (Å²) >= 11 is 0. The Morgan fingerprint density at radius 2 is 1.89 bits per heavy atom. The first-order chi connectivity index (χ1) is 12.9. The van der Waals surface area contributed by atoms with Crippen molar-refractivity contribution in [1.29, 1.82) is 0 Å². The van der Waals surface area contributed by atoms with Gasteiger partial charge in [0.25, 0.3) is 5.69 Å². The topological polar surface area (TPSA) is 88.8 Å². The van der Waals surface area contributed by atoms with Gasteiger partial charge in [-0.3, -0.25) is 15.1 Å². The molecule has 0 amide bonds. The maximum atomic E-state index is 10.9. The fourth-order valence-corrected chi connectivity index (χ4v) is 2.54. The Morgan fingerprint density at radius 3 is 2.54 bits per heavy atom. The van der Waals surface area contributed by atoms with Crippen molar-refractivity contribution in [2.75, 3.05) is 7.05 Å². The van der Waals surface area contributed by atoms with Crippen LogP contribution in [0.1, 0.15) is 30.5 Å². The number of rotatable bonds is 7. The van der Waals surface area contributed by atoms with E-state index in [1.165, 1.54) is 6.07 Å². The van der Waals surface area contributed by atoms with Crippen LogP contribution in [0.5, 0.6) is 5.75 Å². The summed E-state index contributed by atoms with van der Waals surface area (Å²) in [6.07, 6.45) is 0.0943. The van der Waals surface area contributed by atoms with Gasteiger partial charge in [0.1, 0.15) is 5.75 Å². The molecule has 0 saturated heterocycles. The minimum atomic E-state index is -0.399. The molecule has 0 saturated carbocycles. The lowest BCUT2D eigenvalue weighted by Crippen LogP contribution is -2.36. The molecule has 0 aliphatic heterocycles. The van der Waals surface area contributed by atoms with Crippen molar-refractivity contribution in [3.63, 3.8) is 0 Å². The molecule has 0 spiro atoms. The Hall–Kier alpha value is -2.36. The minimum Gasteiger partial charge on any atom is -0.491 e. The summed E-state index contributed by atoms with van der Waals surface area (Å²) in [5.41, 5.74) is 3.06. The van der Waals surface area contributed by atoms with Gasteiger partial charge in [0.2, 0.25) is 0 Å². The summed E-state index contributed by atoms with van der Waals surface area (Å²) in [4.78, 5) is 14.7. The number of nitrogens with zero attached hydrogens (tertiary/aromatic N) is 2. The van der Waals surface area contributed by atoms with Gasteiger partial charge in [0.05, 0.1) is 11.0 Å². The van der Waals surface area contributed by atoms with E-state index in [4.69, 9.17) is 4.74 Å². The van der Waals surface area contributed by atoms with E-state index in [9.17, 15) is 10.1 Å². The van der Waals surface area contributed by atoms with E-state index >= 15 is 0 Å². The summed E-state index contributed by atoms with van der Waals surface area (Å²) in [7, 11) is 1.68. The van der Waals surface area contributed by atoms with E-state index in [2.05, 4.69) is 15.6 Å². The lowest BCUT2D eigenvalue weighted by atomic mass is 10.1. The third-order valence-electron chi connectivity index (χ3n) is 3.84. The third kappa shape index (κ3) is 7.34. The molecule has 8 heteroatoms. The Kier molecular flexibility index (Phi) is 9.70. The Morgan fingerprint density at radius 1 is 1.18 bits per heavy atom. The quantitative estimate of drug-likeness (QED) is 0.197. The zero-order chi connectivity index (χ0) is 19.8. The van der Waals surface area contributed by atoms with Crippen molar-refractivity contribution in [2.45, 2.75) is 40.0 Å². The van der Waals surface area contributed by atoms with Crippen molar-refractivity contribution >= 4 is 35.6 Å². The van der Waals surface area contributed by atoms with Crippen LogP contribution < -0.4 is 15.4 Å². The molecule has 0 fully saturated rings. The van der Waals surface area contributed by atoms with Gasteiger partial charge in [-0.05, 0) is 38.0 Å². The van der Waals surface area contributed by atoms with Gasteiger partial charge in [0, 0.05) is 37.8 Å². The number of benzene rings is 2. The number of non-ortho nitro benzene ring substituents is 1. The van der Waals surface area contributed by atoms with Gasteiger partial charge in [-0.25, -0.2) is 0 Å². The molecule has 2 aromatic rings. The molecule has 0 bridgehead atoms. The molecule has 0 unspecified atom stereocenters. The zero-order valence-corrected chi connectivity index (χ0v) is 18.9. The number of aliphatic imine (C=N–C) groups is 1. The van der Waals surface area contributed by atoms with Crippen LogP contribution >= 0.6 is 24.0 Å². The smallest absolute Gasteiger partial charge is 0.269 e. The first-order valence-corrected chi connectivity index (χ1v) is 8.83. The number of nitro groups is 1. The van der Waals surface area contributed by atoms with E-state index in [1.807, 2.05) is 45.0 Å². The predicted molar refractivity (Wildman–Crippen MR) is 122 cm³/mol. The van der Waals surface area contributed by atoms with Crippen molar-refractivity contribution < 1.29 is 9.66 Å². The highest BCUT2D eigenvalue weighted by molar-refractivity contribution is 14.0. The Balaban J connectivity index is 0.00000392. The second kappa shape index (κ2) is 11.5. The van der Waals surface area contributed by atoms with Crippen LogP contribution in [0.4, 0.5) is 5.69 Å². The Bertz CT molecular complexity index is 825. The monoisotopic (exact) mass is 498 g/mol. The van der Waals surface area contributed by atoms with Gasteiger partial charge in [-0.1, -0.05) is 24.3 Å². The van der Waals surface area contributed by atoms with Crippen molar-refractivity contribution in [3.05, 3.63) is 69.3 Å². The number of nitrogens with one attached hydrogen (secondary N) is 2. The lowest BCUT2D eigenvalue weighted by molar-refractivity contribution is -0.384. The predicted octanol–water partition coefficient (Wildman–Crippen LogP) is 4.17. The molecule has 0 aliphatic carbocycles. The molecule has 0 heterocycles. The highest BCUT2D eigenvalue weighted by Gasteiger charge is 2.09. The molecular formula is C20H27IN4O3. The molecule has 152 valence electrons. The maximum Gasteiger partial charge on any atom is 0.269 e. The largest absolute Gasteiger partial charge is 0.491 e. The van der Waals surface area contributed by atoms with Gasteiger partial charge in [-0.15, -0.1) is 24.0 Å². The number of aryl methyl sites for hydroxylation is 1. The summed E-state index contributed by atoms with van der Waals surface area (Å²) in [5.74, 6) is 1.46.